The van der Waals surface area contributed by atoms with Crippen molar-refractivity contribution >= 4 is 40.1 Å². The second-order valence-corrected chi connectivity index (χ2v) is 7.45. The fourth-order valence-electron chi connectivity index (χ4n) is 3.03. The van der Waals surface area contributed by atoms with Crippen molar-refractivity contribution in [3.63, 3.8) is 0 Å². The minimum Gasteiger partial charge on any atom is -0.336 e. The van der Waals surface area contributed by atoms with Crippen LogP contribution in [0.2, 0.25) is 10.2 Å². The molecule has 9 heteroatoms. The lowest BCUT2D eigenvalue weighted by Crippen LogP contribution is -2.27. The van der Waals surface area contributed by atoms with E-state index in [1.807, 2.05) is 13.1 Å². The van der Waals surface area contributed by atoms with Gasteiger partial charge in [-0.2, -0.15) is 10.2 Å². The quantitative estimate of drug-likeness (QED) is 0.683. The van der Waals surface area contributed by atoms with Gasteiger partial charge in [0.05, 0.1) is 23.7 Å². The molecule has 3 aromatic heterocycles. The Kier molecular flexibility index (Phi) is 4.16. The largest absolute Gasteiger partial charge is 0.336 e. The molecule has 1 fully saturated rings. The number of aryl methyl sites for hydroxylation is 2. The zero-order valence-electron chi connectivity index (χ0n) is 14.7. The monoisotopic (exact) mass is 392 g/mol. The zero-order valence-corrected chi connectivity index (χ0v) is 16.2. The molecule has 26 heavy (non-hydrogen) atoms. The summed E-state index contributed by atoms with van der Waals surface area (Å²) in [6.07, 6.45) is 3.91. The van der Waals surface area contributed by atoms with Crippen molar-refractivity contribution in [3.05, 3.63) is 39.4 Å². The van der Waals surface area contributed by atoms with Crippen LogP contribution in [0.25, 0.3) is 11.0 Å². The van der Waals surface area contributed by atoms with Crippen LogP contribution in [0, 0.1) is 0 Å². The van der Waals surface area contributed by atoms with Crippen molar-refractivity contribution < 1.29 is 4.79 Å². The highest BCUT2D eigenvalue weighted by Crippen LogP contribution is 2.40. The number of amides is 1. The number of carbonyl (C=O) groups excluding carboxylic acids is 1. The van der Waals surface area contributed by atoms with Gasteiger partial charge in [0.15, 0.2) is 5.65 Å². The number of aromatic nitrogens is 5. The van der Waals surface area contributed by atoms with Crippen LogP contribution < -0.4 is 0 Å². The highest BCUT2D eigenvalue weighted by molar-refractivity contribution is 6.41. The van der Waals surface area contributed by atoms with Crippen LogP contribution in [0.5, 0.6) is 0 Å². The van der Waals surface area contributed by atoms with Crippen molar-refractivity contribution in [1.29, 1.82) is 0 Å². The molecule has 0 spiro atoms. The summed E-state index contributed by atoms with van der Waals surface area (Å²) < 4.78 is 3.20. The van der Waals surface area contributed by atoms with E-state index in [4.69, 9.17) is 23.2 Å². The summed E-state index contributed by atoms with van der Waals surface area (Å²) in [5.41, 5.74) is 2.85. The molecular weight excluding hydrogens is 375 g/mol. The molecule has 7 nitrogen and oxygen atoms in total. The Labute approximate surface area is 160 Å². The maximum absolute atomic E-state index is 13.1. The van der Waals surface area contributed by atoms with Crippen LogP contribution in [-0.4, -0.2) is 42.4 Å². The summed E-state index contributed by atoms with van der Waals surface area (Å²) in [5, 5.41) is 10.0. The lowest BCUT2D eigenvalue weighted by atomic mass is 10.1. The molecule has 4 rings (SSSR count). The molecule has 0 radical (unpaired) electrons. The first kappa shape index (κ1) is 17.3. The van der Waals surface area contributed by atoms with E-state index in [1.165, 1.54) is 4.68 Å². The second kappa shape index (κ2) is 6.25. The second-order valence-electron chi connectivity index (χ2n) is 6.71. The Morgan fingerprint density at radius 2 is 2.04 bits per heavy atom. The highest BCUT2D eigenvalue weighted by atomic mass is 35.5. The minimum atomic E-state index is -0.120. The molecule has 136 valence electrons. The van der Waals surface area contributed by atoms with Gasteiger partial charge >= 0.3 is 0 Å². The molecule has 3 heterocycles. The topological polar surface area (TPSA) is 68.8 Å². The van der Waals surface area contributed by atoms with Gasteiger partial charge in [-0.15, -0.1) is 0 Å². The van der Waals surface area contributed by atoms with Gasteiger partial charge < -0.3 is 4.90 Å². The van der Waals surface area contributed by atoms with E-state index in [9.17, 15) is 4.79 Å². The Hall–Kier alpha value is -2.12. The van der Waals surface area contributed by atoms with Crippen molar-refractivity contribution in [2.24, 2.45) is 14.1 Å². The lowest BCUT2D eigenvalue weighted by molar-refractivity contribution is 0.0785. The van der Waals surface area contributed by atoms with Crippen LogP contribution in [-0.2, 0) is 20.6 Å². The predicted octanol–water partition coefficient (Wildman–Crippen LogP) is 3.16. The van der Waals surface area contributed by atoms with Crippen LogP contribution in [0.15, 0.2) is 12.3 Å². The molecule has 1 aliphatic rings. The van der Waals surface area contributed by atoms with Crippen molar-refractivity contribution in [1.82, 2.24) is 29.4 Å². The molecule has 1 aliphatic carbocycles. The van der Waals surface area contributed by atoms with Gasteiger partial charge in [0.1, 0.15) is 15.9 Å². The first-order valence-electron chi connectivity index (χ1n) is 8.31. The molecule has 0 atom stereocenters. The smallest absolute Gasteiger partial charge is 0.254 e. The molecule has 1 amide bonds. The predicted molar refractivity (Wildman–Crippen MR) is 99.5 cm³/mol. The fraction of sp³-hybridized carbons (Fsp3) is 0.412. The van der Waals surface area contributed by atoms with Crippen LogP contribution >= 0.6 is 23.2 Å². The van der Waals surface area contributed by atoms with E-state index in [-0.39, 0.29) is 12.5 Å². The van der Waals surface area contributed by atoms with E-state index in [2.05, 4.69) is 15.2 Å². The van der Waals surface area contributed by atoms with Gasteiger partial charge in [-0.1, -0.05) is 23.2 Å². The lowest BCUT2D eigenvalue weighted by Gasteiger charge is -2.17. The third-order valence-electron chi connectivity index (χ3n) is 4.67. The van der Waals surface area contributed by atoms with Crippen LogP contribution in [0.4, 0.5) is 0 Å². The third kappa shape index (κ3) is 2.85. The Bertz CT molecular complexity index is 1020. The summed E-state index contributed by atoms with van der Waals surface area (Å²) >= 11 is 12.3. The summed E-state index contributed by atoms with van der Waals surface area (Å²) in [5.74, 6) is 0.320. The molecule has 3 aromatic rings. The first-order valence-corrected chi connectivity index (χ1v) is 9.07. The first-order chi connectivity index (χ1) is 12.4. The summed E-state index contributed by atoms with van der Waals surface area (Å²) in [7, 11) is 5.27. The summed E-state index contributed by atoms with van der Waals surface area (Å²) in [4.78, 5) is 19.4. The molecule has 0 saturated heterocycles. The van der Waals surface area contributed by atoms with Crippen LogP contribution in [0.3, 0.4) is 0 Å². The summed E-state index contributed by atoms with van der Waals surface area (Å²) in [6, 6.07) is 1.90. The Morgan fingerprint density at radius 3 is 2.65 bits per heavy atom. The Balaban J connectivity index is 1.69. The molecule has 0 aliphatic heterocycles. The van der Waals surface area contributed by atoms with Gasteiger partial charge in [-0.3, -0.25) is 14.2 Å². The molecule has 0 aromatic carbocycles. The van der Waals surface area contributed by atoms with E-state index >= 15 is 0 Å². The normalized spacial score (nSPS) is 14.2. The maximum atomic E-state index is 13.1. The van der Waals surface area contributed by atoms with Gasteiger partial charge in [0.25, 0.3) is 5.91 Å². The standard InChI is InChI=1S/C17H18Cl2N6O/c1-23(8-13-14(18)15(19)24(2)22-13)17(26)10-6-12(9-4-5-9)21-16-11(10)7-20-25(16)3/h6-7,9H,4-5,8H2,1-3H3. The zero-order chi connectivity index (χ0) is 18.6. The average molecular weight is 393 g/mol. The number of hydrogen-bond donors (Lipinski definition) is 0. The SMILES string of the molecule is CN(Cc1nn(C)c(Cl)c1Cl)C(=O)c1cc(C2CC2)nc2c1cnn2C. The number of nitrogens with zero attached hydrogens (tertiary/aromatic N) is 6. The van der Waals surface area contributed by atoms with Crippen LogP contribution in [0.1, 0.15) is 40.5 Å². The number of pyridine rings is 1. The highest BCUT2D eigenvalue weighted by Gasteiger charge is 2.28. The van der Waals surface area contributed by atoms with Crippen molar-refractivity contribution in [2.45, 2.75) is 25.3 Å². The van der Waals surface area contributed by atoms with E-state index in [0.717, 1.165) is 29.6 Å². The fourth-order valence-corrected chi connectivity index (χ4v) is 3.40. The maximum Gasteiger partial charge on any atom is 0.254 e. The molecule has 1 saturated carbocycles. The van der Waals surface area contributed by atoms with Gasteiger partial charge in [-0.25, -0.2) is 4.98 Å². The van der Waals surface area contributed by atoms with Gasteiger partial charge in [-0.05, 0) is 18.9 Å². The molecule has 0 bridgehead atoms. The number of fused-ring (bicyclic) bond motifs is 1. The molecule has 0 unspecified atom stereocenters. The average Bonchev–Trinajstić information content (AvgIpc) is 3.37. The van der Waals surface area contributed by atoms with E-state index in [0.29, 0.717) is 27.4 Å². The van der Waals surface area contributed by atoms with Gasteiger partial charge in [0, 0.05) is 32.8 Å². The number of carbonyl (C=O) groups is 1. The third-order valence-corrected chi connectivity index (χ3v) is 5.60. The summed E-state index contributed by atoms with van der Waals surface area (Å²) in [6.45, 7) is 0.265. The number of rotatable bonds is 4. The molecule has 0 N–H and O–H groups in total. The van der Waals surface area contributed by atoms with Crippen molar-refractivity contribution in [2.75, 3.05) is 7.05 Å². The Morgan fingerprint density at radius 1 is 1.31 bits per heavy atom. The molecular formula is C17H18Cl2N6O. The van der Waals surface area contributed by atoms with E-state index < -0.39 is 0 Å². The van der Waals surface area contributed by atoms with E-state index in [1.54, 1.807) is 29.9 Å². The van der Waals surface area contributed by atoms with Gasteiger partial charge in [0.2, 0.25) is 0 Å². The minimum absolute atomic E-state index is 0.120. The van der Waals surface area contributed by atoms with Crippen molar-refractivity contribution in [3.8, 4) is 0 Å². The number of halogens is 2. The number of hydrogen-bond acceptors (Lipinski definition) is 4.